The maximum absolute atomic E-state index is 12.8. The highest BCUT2D eigenvalue weighted by Crippen LogP contribution is 2.20. The molecule has 0 spiro atoms. The molecule has 1 N–H and O–H groups in total. The number of pyridine rings is 1. The standard InChI is InChI=1S/C23H28N8O2/c1-15-5-6-24-19(11-15)28-20-12-21(27-18(4)26-20)29-7-9-30(10-8-29)22(32)13-31-14-25-17(3)16(2)23(31)33/h5-6,11-12,14H,7-10,13H2,1-4H3,(H,24,26,27,28). The largest absolute Gasteiger partial charge is 0.353 e. The van der Waals surface area contributed by atoms with Gasteiger partial charge in [0.05, 0.1) is 6.33 Å². The van der Waals surface area contributed by atoms with Gasteiger partial charge < -0.3 is 15.1 Å². The number of carbonyl (C=O) groups is 1. The van der Waals surface area contributed by atoms with Crippen LogP contribution in [0.2, 0.25) is 0 Å². The third-order valence-electron chi connectivity index (χ3n) is 5.77. The predicted octanol–water partition coefficient (Wildman–Crippen LogP) is 1.75. The summed E-state index contributed by atoms with van der Waals surface area (Å²) in [5.74, 6) is 2.77. The lowest BCUT2D eigenvalue weighted by atomic mass is 10.2. The van der Waals surface area contributed by atoms with Crippen LogP contribution in [0.5, 0.6) is 0 Å². The smallest absolute Gasteiger partial charge is 0.256 e. The molecule has 1 fully saturated rings. The molecule has 33 heavy (non-hydrogen) atoms. The van der Waals surface area contributed by atoms with Crippen LogP contribution in [-0.4, -0.2) is 61.5 Å². The molecule has 4 rings (SSSR count). The maximum Gasteiger partial charge on any atom is 0.256 e. The zero-order chi connectivity index (χ0) is 23.5. The summed E-state index contributed by atoms with van der Waals surface area (Å²) in [7, 11) is 0. The average Bonchev–Trinajstić information content (AvgIpc) is 2.79. The Morgan fingerprint density at radius 2 is 1.76 bits per heavy atom. The normalized spacial score (nSPS) is 13.8. The van der Waals surface area contributed by atoms with Crippen molar-refractivity contribution in [3.63, 3.8) is 0 Å². The first-order valence-electron chi connectivity index (χ1n) is 10.9. The van der Waals surface area contributed by atoms with Crippen molar-refractivity contribution in [3.05, 3.63) is 63.7 Å². The summed E-state index contributed by atoms with van der Waals surface area (Å²) in [4.78, 5) is 46.7. The molecule has 0 unspecified atom stereocenters. The van der Waals surface area contributed by atoms with Gasteiger partial charge >= 0.3 is 0 Å². The van der Waals surface area contributed by atoms with Crippen LogP contribution in [0.3, 0.4) is 0 Å². The second-order valence-electron chi connectivity index (χ2n) is 8.26. The first-order chi connectivity index (χ1) is 15.8. The van der Waals surface area contributed by atoms with E-state index in [2.05, 4.69) is 30.2 Å². The number of nitrogens with one attached hydrogen (secondary N) is 1. The van der Waals surface area contributed by atoms with Gasteiger partial charge in [-0.2, -0.15) is 0 Å². The zero-order valence-electron chi connectivity index (χ0n) is 19.4. The first kappa shape index (κ1) is 22.4. The molecule has 10 heteroatoms. The quantitative estimate of drug-likeness (QED) is 0.629. The van der Waals surface area contributed by atoms with Crippen molar-refractivity contribution in [2.75, 3.05) is 36.4 Å². The van der Waals surface area contributed by atoms with Gasteiger partial charge in [0, 0.05) is 49.7 Å². The van der Waals surface area contributed by atoms with Crippen LogP contribution in [-0.2, 0) is 11.3 Å². The second kappa shape index (κ2) is 9.35. The van der Waals surface area contributed by atoms with Crippen LogP contribution in [0.1, 0.15) is 22.6 Å². The fourth-order valence-electron chi connectivity index (χ4n) is 3.73. The Balaban J connectivity index is 1.40. The summed E-state index contributed by atoms with van der Waals surface area (Å²) in [6, 6.07) is 5.79. The van der Waals surface area contributed by atoms with Crippen LogP contribution in [0, 0.1) is 27.7 Å². The van der Waals surface area contributed by atoms with E-state index in [1.165, 1.54) is 10.9 Å². The lowest BCUT2D eigenvalue weighted by Gasteiger charge is -2.35. The molecule has 10 nitrogen and oxygen atoms in total. The molecule has 0 bridgehead atoms. The van der Waals surface area contributed by atoms with Gasteiger partial charge in [-0.05, 0) is 45.4 Å². The van der Waals surface area contributed by atoms with Gasteiger partial charge in [-0.3, -0.25) is 14.2 Å². The Morgan fingerprint density at radius 3 is 2.48 bits per heavy atom. The van der Waals surface area contributed by atoms with Crippen molar-refractivity contribution >= 4 is 23.4 Å². The minimum Gasteiger partial charge on any atom is -0.353 e. The van der Waals surface area contributed by atoms with E-state index in [0.29, 0.717) is 49.1 Å². The molecule has 0 atom stereocenters. The molecule has 172 valence electrons. The number of amides is 1. The summed E-state index contributed by atoms with van der Waals surface area (Å²) >= 11 is 0. The van der Waals surface area contributed by atoms with Crippen LogP contribution >= 0.6 is 0 Å². The highest BCUT2D eigenvalue weighted by atomic mass is 16.2. The molecule has 3 aromatic heterocycles. The highest BCUT2D eigenvalue weighted by Gasteiger charge is 2.23. The number of aryl methyl sites for hydroxylation is 3. The summed E-state index contributed by atoms with van der Waals surface area (Å²) in [5, 5.41) is 3.24. The Hall–Kier alpha value is -3.82. The van der Waals surface area contributed by atoms with E-state index >= 15 is 0 Å². The number of carbonyl (C=O) groups excluding carboxylic acids is 1. The fraction of sp³-hybridized carbons (Fsp3) is 0.391. The Morgan fingerprint density at radius 1 is 1.00 bits per heavy atom. The van der Waals surface area contributed by atoms with Crippen LogP contribution in [0.15, 0.2) is 35.5 Å². The lowest BCUT2D eigenvalue weighted by Crippen LogP contribution is -2.50. The SMILES string of the molecule is Cc1ccnc(Nc2cc(N3CCN(C(=O)Cn4cnc(C)c(C)c4=O)CC3)nc(C)n2)c1. The van der Waals surface area contributed by atoms with Crippen molar-refractivity contribution in [1.29, 1.82) is 0 Å². The Kier molecular flexibility index (Phi) is 6.34. The van der Waals surface area contributed by atoms with Crippen molar-refractivity contribution < 1.29 is 4.79 Å². The molecule has 1 amide bonds. The lowest BCUT2D eigenvalue weighted by molar-refractivity contribution is -0.132. The van der Waals surface area contributed by atoms with Crippen LogP contribution in [0.25, 0.3) is 0 Å². The predicted molar refractivity (Wildman–Crippen MR) is 126 cm³/mol. The first-order valence-corrected chi connectivity index (χ1v) is 10.9. The Bertz CT molecular complexity index is 1230. The fourth-order valence-corrected chi connectivity index (χ4v) is 3.73. The van der Waals surface area contributed by atoms with Gasteiger partial charge in [-0.15, -0.1) is 0 Å². The minimum absolute atomic E-state index is 0.00285. The number of piperazine rings is 1. The molecular formula is C23H28N8O2. The zero-order valence-corrected chi connectivity index (χ0v) is 19.4. The van der Waals surface area contributed by atoms with Gasteiger partial charge in [-0.25, -0.2) is 19.9 Å². The second-order valence-corrected chi connectivity index (χ2v) is 8.26. The van der Waals surface area contributed by atoms with E-state index < -0.39 is 0 Å². The monoisotopic (exact) mass is 448 g/mol. The van der Waals surface area contributed by atoms with Gasteiger partial charge in [0.2, 0.25) is 5.91 Å². The molecular weight excluding hydrogens is 420 g/mol. The molecule has 1 aliphatic rings. The number of anilines is 3. The van der Waals surface area contributed by atoms with Gasteiger partial charge in [0.25, 0.3) is 5.56 Å². The number of rotatable bonds is 5. The number of hydrogen-bond acceptors (Lipinski definition) is 8. The number of aromatic nitrogens is 5. The summed E-state index contributed by atoms with van der Waals surface area (Å²) in [6.07, 6.45) is 3.20. The molecule has 0 aromatic carbocycles. The molecule has 1 aliphatic heterocycles. The molecule has 0 radical (unpaired) electrons. The van der Waals surface area contributed by atoms with Crippen LogP contribution in [0.4, 0.5) is 17.5 Å². The van der Waals surface area contributed by atoms with E-state index in [0.717, 1.165) is 17.2 Å². The maximum atomic E-state index is 12.8. The average molecular weight is 449 g/mol. The van der Waals surface area contributed by atoms with E-state index in [1.807, 2.05) is 32.0 Å². The van der Waals surface area contributed by atoms with Crippen molar-refractivity contribution in [1.82, 2.24) is 29.4 Å². The van der Waals surface area contributed by atoms with Crippen molar-refractivity contribution in [3.8, 4) is 0 Å². The van der Waals surface area contributed by atoms with E-state index in [9.17, 15) is 9.59 Å². The van der Waals surface area contributed by atoms with Gasteiger partial charge in [0.1, 0.15) is 29.8 Å². The van der Waals surface area contributed by atoms with E-state index in [4.69, 9.17) is 0 Å². The summed E-state index contributed by atoms with van der Waals surface area (Å²) in [6.45, 7) is 9.77. The van der Waals surface area contributed by atoms with Crippen molar-refractivity contribution in [2.45, 2.75) is 34.2 Å². The molecule has 1 saturated heterocycles. The molecule has 0 saturated carbocycles. The third-order valence-corrected chi connectivity index (χ3v) is 5.77. The van der Waals surface area contributed by atoms with E-state index in [1.54, 1.807) is 24.9 Å². The minimum atomic E-state index is -0.172. The third kappa shape index (κ3) is 5.16. The number of nitrogens with zero attached hydrogens (tertiary/aromatic N) is 7. The van der Waals surface area contributed by atoms with Gasteiger partial charge in [-0.1, -0.05) is 0 Å². The summed E-state index contributed by atoms with van der Waals surface area (Å²) < 4.78 is 1.38. The Labute approximate surface area is 192 Å². The van der Waals surface area contributed by atoms with Crippen LogP contribution < -0.4 is 15.8 Å². The highest BCUT2D eigenvalue weighted by molar-refractivity contribution is 5.76. The topological polar surface area (TPSA) is 109 Å². The summed E-state index contributed by atoms with van der Waals surface area (Å²) in [5.41, 5.74) is 2.19. The molecule has 0 aliphatic carbocycles. The van der Waals surface area contributed by atoms with Crippen molar-refractivity contribution in [2.24, 2.45) is 0 Å². The number of hydrogen-bond donors (Lipinski definition) is 1. The molecule has 4 heterocycles. The molecule has 3 aromatic rings. The van der Waals surface area contributed by atoms with Gasteiger partial charge in [0.15, 0.2) is 0 Å². The van der Waals surface area contributed by atoms with E-state index in [-0.39, 0.29) is 18.0 Å².